The van der Waals surface area contributed by atoms with E-state index in [9.17, 15) is 10.1 Å². The molecule has 0 saturated carbocycles. The molecule has 0 spiro atoms. The van der Waals surface area contributed by atoms with Crippen LogP contribution in [0.1, 0.15) is 35.8 Å². The Kier molecular flexibility index (Phi) is 7.79. The van der Waals surface area contributed by atoms with E-state index >= 15 is 0 Å². The molecule has 4 aromatic rings. The molecule has 0 atom stereocenters. The normalized spacial score (nSPS) is 12.6. The van der Waals surface area contributed by atoms with Crippen molar-refractivity contribution in [1.82, 2.24) is 14.8 Å². The molecule has 0 saturated heterocycles. The number of amides is 1. The molecular weight excluding hydrogens is 526 g/mol. The molecule has 1 amide bonds. The Balaban J connectivity index is 1.40. The highest BCUT2D eigenvalue weighted by molar-refractivity contribution is 7.99. The van der Waals surface area contributed by atoms with Crippen LogP contribution in [0, 0.1) is 11.3 Å². The van der Waals surface area contributed by atoms with Gasteiger partial charge < -0.3 is 10.1 Å². The highest BCUT2D eigenvalue weighted by Gasteiger charge is 2.23. The van der Waals surface area contributed by atoms with Gasteiger partial charge in [-0.05, 0) is 74.6 Å². The third-order valence-electron chi connectivity index (χ3n) is 5.99. The third-order valence-corrected chi connectivity index (χ3v) is 8.36. The minimum atomic E-state index is -0.189. The minimum Gasteiger partial charge on any atom is -0.494 e. The molecule has 2 aromatic heterocycles. The highest BCUT2D eigenvalue weighted by atomic mass is 35.5. The van der Waals surface area contributed by atoms with Crippen LogP contribution in [0.5, 0.6) is 5.75 Å². The van der Waals surface area contributed by atoms with Crippen molar-refractivity contribution < 1.29 is 9.53 Å². The van der Waals surface area contributed by atoms with Crippen LogP contribution >= 0.6 is 34.7 Å². The van der Waals surface area contributed by atoms with Gasteiger partial charge in [-0.1, -0.05) is 35.5 Å². The Hall–Kier alpha value is -3.32. The number of ether oxygens (including phenoxy) is 1. The van der Waals surface area contributed by atoms with Crippen molar-refractivity contribution in [2.75, 3.05) is 17.7 Å². The number of thiophene rings is 1. The van der Waals surface area contributed by atoms with Gasteiger partial charge in [-0.2, -0.15) is 5.26 Å². The van der Waals surface area contributed by atoms with Crippen LogP contribution in [-0.4, -0.2) is 33.0 Å². The number of rotatable bonds is 8. The molecule has 188 valence electrons. The number of nitrogens with zero attached hydrogens (tertiary/aromatic N) is 4. The van der Waals surface area contributed by atoms with Crippen LogP contribution in [0.2, 0.25) is 5.02 Å². The van der Waals surface area contributed by atoms with Crippen LogP contribution in [0.25, 0.3) is 17.1 Å². The van der Waals surface area contributed by atoms with Crippen LogP contribution in [0.15, 0.2) is 53.7 Å². The van der Waals surface area contributed by atoms with Gasteiger partial charge in [0.25, 0.3) is 0 Å². The predicted octanol–water partition coefficient (Wildman–Crippen LogP) is 6.53. The van der Waals surface area contributed by atoms with Crippen molar-refractivity contribution in [3.05, 3.63) is 69.6 Å². The molecule has 0 radical (unpaired) electrons. The van der Waals surface area contributed by atoms with Crippen LogP contribution in [0.3, 0.4) is 0 Å². The molecule has 2 aromatic carbocycles. The van der Waals surface area contributed by atoms with E-state index in [0.29, 0.717) is 33.2 Å². The Bertz CT molecular complexity index is 1470. The van der Waals surface area contributed by atoms with Gasteiger partial charge in [-0.15, -0.1) is 21.5 Å². The first-order valence-corrected chi connectivity index (χ1v) is 14.2. The van der Waals surface area contributed by atoms with Crippen molar-refractivity contribution in [1.29, 1.82) is 5.26 Å². The molecular formula is C27H24ClN5O2S2. The molecule has 10 heteroatoms. The summed E-state index contributed by atoms with van der Waals surface area (Å²) >= 11 is 9.05. The second-order valence-electron chi connectivity index (χ2n) is 8.44. The van der Waals surface area contributed by atoms with Gasteiger partial charge in [0, 0.05) is 21.2 Å². The molecule has 2 heterocycles. The number of hydrogen-bond donors (Lipinski definition) is 1. The number of halogens is 1. The first kappa shape index (κ1) is 25.3. The summed E-state index contributed by atoms with van der Waals surface area (Å²) < 4.78 is 7.49. The molecule has 1 aliphatic carbocycles. The third kappa shape index (κ3) is 5.52. The molecule has 5 rings (SSSR count). The number of nitrogens with one attached hydrogen (secondary N) is 1. The standard InChI is InChI=1S/C27H24ClN5O2S2/c1-2-35-20-12-10-19(11-13-20)33-25(17-6-5-7-18(28)14-17)31-32-27(33)36-16-24(34)30-26-22(15-29)21-8-3-4-9-23(21)37-26/h5-7,10-14H,2-4,8-9,16H2,1H3,(H,30,34). The zero-order valence-electron chi connectivity index (χ0n) is 20.2. The fourth-order valence-electron chi connectivity index (χ4n) is 4.33. The average molecular weight is 550 g/mol. The number of aryl methyl sites for hydroxylation is 1. The number of benzene rings is 2. The molecule has 0 fully saturated rings. The zero-order valence-corrected chi connectivity index (χ0v) is 22.6. The summed E-state index contributed by atoms with van der Waals surface area (Å²) in [6.07, 6.45) is 4.07. The molecule has 0 aliphatic heterocycles. The Morgan fingerprint density at radius 2 is 2.03 bits per heavy atom. The van der Waals surface area contributed by atoms with Gasteiger partial charge in [-0.3, -0.25) is 9.36 Å². The number of anilines is 1. The Labute approximate surface area is 228 Å². The summed E-state index contributed by atoms with van der Waals surface area (Å²) in [5, 5.41) is 23.3. The maximum absolute atomic E-state index is 12.9. The van der Waals surface area contributed by atoms with E-state index in [1.54, 1.807) is 6.07 Å². The SMILES string of the molecule is CCOc1ccc(-n2c(SCC(=O)Nc3sc4c(c3C#N)CCCC4)nnc2-c2cccc(Cl)c2)cc1. The summed E-state index contributed by atoms with van der Waals surface area (Å²) in [4.78, 5) is 14.1. The number of hydrogen-bond acceptors (Lipinski definition) is 7. The van der Waals surface area contributed by atoms with E-state index in [0.717, 1.165) is 48.2 Å². The van der Waals surface area contributed by atoms with Crippen LogP contribution in [-0.2, 0) is 17.6 Å². The lowest BCUT2D eigenvalue weighted by atomic mass is 9.96. The fraction of sp³-hybridized carbons (Fsp3) is 0.259. The van der Waals surface area contributed by atoms with Gasteiger partial charge >= 0.3 is 0 Å². The smallest absolute Gasteiger partial charge is 0.235 e. The summed E-state index contributed by atoms with van der Waals surface area (Å²) in [6, 6.07) is 17.4. The highest BCUT2D eigenvalue weighted by Crippen LogP contribution is 2.38. The maximum atomic E-state index is 12.9. The van der Waals surface area contributed by atoms with Crippen LogP contribution < -0.4 is 10.1 Å². The Morgan fingerprint density at radius 1 is 1.22 bits per heavy atom. The lowest BCUT2D eigenvalue weighted by Crippen LogP contribution is -2.14. The lowest BCUT2D eigenvalue weighted by molar-refractivity contribution is -0.113. The number of fused-ring (bicyclic) bond motifs is 1. The molecule has 0 bridgehead atoms. The molecule has 1 N–H and O–H groups in total. The molecule has 1 aliphatic rings. The number of thioether (sulfide) groups is 1. The zero-order chi connectivity index (χ0) is 25.8. The first-order valence-electron chi connectivity index (χ1n) is 12.0. The summed E-state index contributed by atoms with van der Waals surface area (Å²) in [5.41, 5.74) is 3.36. The topological polar surface area (TPSA) is 92.8 Å². The van der Waals surface area contributed by atoms with Crippen molar-refractivity contribution in [3.63, 3.8) is 0 Å². The van der Waals surface area contributed by atoms with Gasteiger partial charge in [0.1, 0.15) is 16.8 Å². The quantitative estimate of drug-likeness (QED) is 0.251. The van der Waals surface area contributed by atoms with Crippen molar-refractivity contribution in [3.8, 4) is 28.9 Å². The van der Waals surface area contributed by atoms with E-state index in [4.69, 9.17) is 16.3 Å². The predicted molar refractivity (Wildman–Crippen MR) is 148 cm³/mol. The number of carbonyl (C=O) groups is 1. The maximum Gasteiger partial charge on any atom is 0.235 e. The lowest BCUT2D eigenvalue weighted by Gasteiger charge is -2.12. The van der Waals surface area contributed by atoms with Gasteiger partial charge in [0.2, 0.25) is 5.91 Å². The van der Waals surface area contributed by atoms with Crippen molar-refractivity contribution >= 4 is 45.6 Å². The largest absolute Gasteiger partial charge is 0.494 e. The number of aromatic nitrogens is 3. The second-order valence-corrected chi connectivity index (χ2v) is 10.9. The van der Waals surface area contributed by atoms with E-state index in [1.807, 2.05) is 54.0 Å². The molecule has 0 unspecified atom stereocenters. The monoisotopic (exact) mass is 549 g/mol. The second kappa shape index (κ2) is 11.4. The minimum absolute atomic E-state index is 0.123. The molecule has 37 heavy (non-hydrogen) atoms. The number of nitriles is 1. The van der Waals surface area contributed by atoms with Crippen molar-refractivity contribution in [2.45, 2.75) is 37.8 Å². The van der Waals surface area contributed by atoms with Crippen LogP contribution in [0.4, 0.5) is 5.00 Å². The van der Waals surface area contributed by atoms with Gasteiger partial charge in [0.15, 0.2) is 11.0 Å². The average Bonchev–Trinajstić information content (AvgIpc) is 3.49. The van der Waals surface area contributed by atoms with Gasteiger partial charge in [-0.25, -0.2) is 0 Å². The molecule has 7 nitrogen and oxygen atoms in total. The van der Waals surface area contributed by atoms with E-state index < -0.39 is 0 Å². The summed E-state index contributed by atoms with van der Waals surface area (Å²) in [6.45, 7) is 2.52. The Morgan fingerprint density at radius 3 is 2.78 bits per heavy atom. The van der Waals surface area contributed by atoms with E-state index in [-0.39, 0.29) is 11.7 Å². The van der Waals surface area contributed by atoms with E-state index in [2.05, 4.69) is 21.6 Å². The van der Waals surface area contributed by atoms with Gasteiger partial charge in [0.05, 0.1) is 17.9 Å². The summed E-state index contributed by atoms with van der Waals surface area (Å²) in [5.74, 6) is 1.32. The first-order chi connectivity index (χ1) is 18.1. The van der Waals surface area contributed by atoms with E-state index in [1.165, 1.54) is 28.0 Å². The van der Waals surface area contributed by atoms with Crippen molar-refractivity contribution in [2.24, 2.45) is 0 Å². The number of carbonyl (C=O) groups excluding carboxylic acids is 1. The summed E-state index contributed by atoms with van der Waals surface area (Å²) in [7, 11) is 0. The fourth-order valence-corrected chi connectivity index (χ4v) is 6.53.